The number of anilines is 1. The highest BCUT2D eigenvalue weighted by Gasteiger charge is 2.29. The molecule has 0 bridgehead atoms. The van der Waals surface area contributed by atoms with Crippen molar-refractivity contribution < 1.29 is 4.79 Å². The van der Waals surface area contributed by atoms with Crippen LogP contribution < -0.4 is 5.32 Å². The number of thiazole rings is 2. The lowest BCUT2D eigenvalue weighted by atomic mass is 10.3. The van der Waals surface area contributed by atoms with Crippen LogP contribution in [0.2, 0.25) is 0 Å². The summed E-state index contributed by atoms with van der Waals surface area (Å²) in [4.78, 5) is 21.6. The van der Waals surface area contributed by atoms with Gasteiger partial charge >= 0.3 is 0 Å². The molecule has 18 heavy (non-hydrogen) atoms. The third-order valence-corrected chi connectivity index (χ3v) is 4.98. The van der Waals surface area contributed by atoms with Gasteiger partial charge in [-0.15, -0.1) is 22.7 Å². The summed E-state index contributed by atoms with van der Waals surface area (Å²) in [5, 5.41) is 6.51. The smallest absolute Gasteiger partial charge is 0.269 e. The van der Waals surface area contributed by atoms with Gasteiger partial charge in [0, 0.05) is 11.3 Å². The summed E-state index contributed by atoms with van der Waals surface area (Å²) >= 11 is 2.96. The summed E-state index contributed by atoms with van der Waals surface area (Å²) in [7, 11) is 0. The largest absolute Gasteiger partial charge is 0.297 e. The van der Waals surface area contributed by atoms with E-state index in [4.69, 9.17) is 0 Å². The van der Waals surface area contributed by atoms with E-state index in [1.54, 1.807) is 0 Å². The molecule has 0 radical (unpaired) electrons. The lowest BCUT2D eigenvalue weighted by molar-refractivity contribution is 0.103. The van der Waals surface area contributed by atoms with Crippen molar-refractivity contribution >= 4 is 33.7 Å². The highest BCUT2D eigenvalue weighted by atomic mass is 32.1. The minimum absolute atomic E-state index is 0.0914. The predicted molar refractivity (Wildman–Crippen MR) is 73.6 cm³/mol. The Hall–Kier alpha value is -1.27. The van der Waals surface area contributed by atoms with Gasteiger partial charge in [-0.3, -0.25) is 10.1 Å². The van der Waals surface area contributed by atoms with E-state index in [2.05, 4.69) is 15.3 Å². The van der Waals surface area contributed by atoms with Crippen LogP contribution in [-0.4, -0.2) is 15.9 Å². The highest BCUT2D eigenvalue weighted by Crippen LogP contribution is 2.42. The van der Waals surface area contributed by atoms with Gasteiger partial charge in [-0.2, -0.15) is 0 Å². The predicted octanol–water partition coefficient (Wildman–Crippen LogP) is 3.35. The van der Waals surface area contributed by atoms with Crippen molar-refractivity contribution in [3.63, 3.8) is 0 Å². The SMILES string of the molecule is Cc1csc(NC(=O)c2sc(C3CC3)nc2C)n1. The molecule has 0 spiro atoms. The van der Waals surface area contributed by atoms with Crippen LogP contribution in [0.3, 0.4) is 0 Å². The van der Waals surface area contributed by atoms with Crippen LogP contribution in [0.4, 0.5) is 5.13 Å². The summed E-state index contributed by atoms with van der Waals surface area (Å²) in [6.45, 7) is 3.81. The molecule has 2 aromatic rings. The van der Waals surface area contributed by atoms with Crippen molar-refractivity contribution in [1.29, 1.82) is 0 Å². The van der Waals surface area contributed by atoms with E-state index in [0.717, 1.165) is 16.4 Å². The molecule has 1 aliphatic carbocycles. The molecule has 1 amide bonds. The molecule has 1 saturated carbocycles. The van der Waals surface area contributed by atoms with Gasteiger partial charge in [-0.25, -0.2) is 9.97 Å². The summed E-state index contributed by atoms with van der Waals surface area (Å²) in [5.41, 5.74) is 1.75. The second-order valence-electron chi connectivity index (χ2n) is 4.49. The fourth-order valence-electron chi connectivity index (χ4n) is 1.70. The maximum atomic E-state index is 12.1. The minimum Gasteiger partial charge on any atom is -0.297 e. The molecule has 6 heteroatoms. The summed E-state index contributed by atoms with van der Waals surface area (Å²) in [5.74, 6) is 0.503. The Morgan fingerprint density at radius 3 is 2.78 bits per heavy atom. The van der Waals surface area contributed by atoms with Gasteiger partial charge in [-0.1, -0.05) is 0 Å². The van der Waals surface area contributed by atoms with Gasteiger partial charge in [0.25, 0.3) is 5.91 Å². The van der Waals surface area contributed by atoms with E-state index in [9.17, 15) is 4.79 Å². The summed E-state index contributed by atoms with van der Waals surface area (Å²) < 4.78 is 0. The average molecular weight is 279 g/mol. The molecule has 0 unspecified atom stereocenters. The van der Waals surface area contributed by atoms with Crippen LogP contribution in [0.5, 0.6) is 0 Å². The van der Waals surface area contributed by atoms with Crippen LogP contribution >= 0.6 is 22.7 Å². The third-order valence-electron chi connectivity index (χ3n) is 2.79. The van der Waals surface area contributed by atoms with E-state index in [-0.39, 0.29) is 5.91 Å². The van der Waals surface area contributed by atoms with Crippen LogP contribution in [0.25, 0.3) is 0 Å². The Morgan fingerprint density at radius 1 is 1.39 bits per heavy atom. The van der Waals surface area contributed by atoms with Crippen LogP contribution in [0.1, 0.15) is 44.8 Å². The first-order valence-electron chi connectivity index (χ1n) is 5.84. The number of nitrogens with one attached hydrogen (secondary N) is 1. The molecule has 3 rings (SSSR count). The van der Waals surface area contributed by atoms with Crippen molar-refractivity contribution in [3.05, 3.63) is 26.7 Å². The second-order valence-corrected chi connectivity index (χ2v) is 6.38. The highest BCUT2D eigenvalue weighted by molar-refractivity contribution is 7.15. The number of aryl methyl sites for hydroxylation is 2. The van der Waals surface area contributed by atoms with Gasteiger partial charge in [-0.05, 0) is 26.7 Å². The number of carbonyl (C=O) groups is 1. The van der Waals surface area contributed by atoms with Crippen molar-refractivity contribution in [2.75, 3.05) is 5.32 Å². The van der Waals surface area contributed by atoms with Gasteiger partial charge in [0.15, 0.2) is 5.13 Å². The Bertz CT molecular complexity index is 598. The Morgan fingerprint density at radius 2 is 2.17 bits per heavy atom. The van der Waals surface area contributed by atoms with Crippen molar-refractivity contribution in [3.8, 4) is 0 Å². The normalized spacial score (nSPS) is 14.8. The second kappa shape index (κ2) is 4.44. The summed E-state index contributed by atoms with van der Waals surface area (Å²) in [6.07, 6.45) is 2.42. The Kier molecular flexibility index (Phi) is 2.91. The molecular weight excluding hydrogens is 266 g/mol. The third kappa shape index (κ3) is 2.30. The molecule has 1 fully saturated rings. The molecule has 0 aliphatic heterocycles. The van der Waals surface area contributed by atoms with Crippen LogP contribution in [0, 0.1) is 13.8 Å². The van der Waals surface area contributed by atoms with Crippen molar-refractivity contribution in [2.24, 2.45) is 0 Å². The molecule has 0 aromatic carbocycles. The van der Waals surface area contributed by atoms with E-state index in [0.29, 0.717) is 15.9 Å². The lowest BCUT2D eigenvalue weighted by Crippen LogP contribution is -2.11. The van der Waals surface area contributed by atoms with E-state index in [1.165, 1.54) is 35.5 Å². The number of rotatable bonds is 3. The number of aromatic nitrogens is 2. The van der Waals surface area contributed by atoms with Gasteiger partial charge < -0.3 is 0 Å². The van der Waals surface area contributed by atoms with Gasteiger partial charge in [0.1, 0.15) is 4.88 Å². The fourth-order valence-corrected chi connectivity index (χ4v) is 3.51. The maximum absolute atomic E-state index is 12.1. The average Bonchev–Trinajstić information content (AvgIpc) is 2.99. The number of carbonyl (C=O) groups excluding carboxylic acids is 1. The molecule has 1 N–H and O–H groups in total. The van der Waals surface area contributed by atoms with E-state index < -0.39 is 0 Å². The molecule has 1 aliphatic rings. The zero-order valence-corrected chi connectivity index (χ0v) is 11.8. The lowest BCUT2D eigenvalue weighted by Gasteiger charge is -1.98. The van der Waals surface area contributed by atoms with Crippen LogP contribution in [-0.2, 0) is 0 Å². The Labute approximate surface area is 113 Å². The number of amides is 1. The minimum atomic E-state index is -0.0914. The number of nitrogens with zero attached hydrogens (tertiary/aromatic N) is 2. The molecule has 0 saturated heterocycles. The topological polar surface area (TPSA) is 54.9 Å². The van der Waals surface area contributed by atoms with E-state index in [1.807, 2.05) is 19.2 Å². The van der Waals surface area contributed by atoms with Gasteiger partial charge in [0.05, 0.1) is 16.4 Å². The molecule has 2 aromatic heterocycles. The first-order valence-corrected chi connectivity index (χ1v) is 7.54. The first-order chi connectivity index (χ1) is 8.63. The monoisotopic (exact) mass is 279 g/mol. The zero-order valence-electron chi connectivity index (χ0n) is 10.2. The van der Waals surface area contributed by atoms with Crippen LogP contribution in [0.15, 0.2) is 5.38 Å². The first kappa shape index (κ1) is 11.8. The molecule has 2 heterocycles. The quantitative estimate of drug-likeness (QED) is 0.937. The number of hydrogen-bond acceptors (Lipinski definition) is 5. The molecule has 4 nitrogen and oxygen atoms in total. The standard InChI is InChI=1S/C12H13N3OS2/c1-6-5-17-12(13-6)15-10(16)9-7(2)14-11(18-9)8-3-4-8/h5,8H,3-4H2,1-2H3,(H,13,15,16). The Balaban J connectivity index is 1.79. The molecule has 0 atom stereocenters. The van der Waals surface area contributed by atoms with Gasteiger partial charge in [0.2, 0.25) is 0 Å². The maximum Gasteiger partial charge on any atom is 0.269 e. The molecule has 94 valence electrons. The number of hydrogen-bond donors (Lipinski definition) is 1. The van der Waals surface area contributed by atoms with Crippen molar-refractivity contribution in [2.45, 2.75) is 32.6 Å². The zero-order chi connectivity index (χ0) is 12.7. The fraction of sp³-hybridized carbons (Fsp3) is 0.417. The van der Waals surface area contributed by atoms with E-state index >= 15 is 0 Å². The van der Waals surface area contributed by atoms with Crippen molar-refractivity contribution in [1.82, 2.24) is 9.97 Å². The summed E-state index contributed by atoms with van der Waals surface area (Å²) in [6, 6.07) is 0. The molecular formula is C12H13N3OS2.